The second-order valence-electron chi connectivity index (χ2n) is 2.77. The zero-order chi connectivity index (χ0) is 10.0. The van der Waals surface area contributed by atoms with Crippen LogP contribution in [0.2, 0.25) is 10.0 Å². The van der Waals surface area contributed by atoms with Crippen LogP contribution >= 0.6 is 23.2 Å². The van der Waals surface area contributed by atoms with Crippen molar-refractivity contribution in [3.63, 3.8) is 0 Å². The third-order valence-electron chi connectivity index (χ3n) is 1.57. The Morgan fingerprint density at radius 3 is 2.38 bits per heavy atom. The van der Waals surface area contributed by atoms with E-state index in [1.165, 1.54) is 0 Å². The molecule has 0 unspecified atom stereocenters. The van der Waals surface area contributed by atoms with Crippen LogP contribution < -0.4 is 10.2 Å². The van der Waals surface area contributed by atoms with E-state index in [1.807, 2.05) is 19.0 Å². The maximum Gasteiger partial charge on any atom is 0.149 e. The van der Waals surface area contributed by atoms with Crippen LogP contribution in [0.1, 0.15) is 0 Å². The van der Waals surface area contributed by atoms with Crippen molar-refractivity contribution >= 4 is 34.8 Å². The highest BCUT2D eigenvalue weighted by Gasteiger charge is 2.09. The fourth-order valence-corrected chi connectivity index (χ4v) is 1.57. The minimum atomic E-state index is 0.526. The molecule has 13 heavy (non-hydrogen) atoms. The molecule has 0 aromatic carbocycles. The number of nitrogens with zero attached hydrogens (tertiary/aromatic N) is 2. The molecule has 3 nitrogen and oxygen atoms in total. The first-order valence-corrected chi connectivity index (χ1v) is 4.53. The number of nitrogens with one attached hydrogen (secondary N) is 1. The molecule has 1 aromatic rings. The maximum absolute atomic E-state index is 5.94. The highest BCUT2D eigenvalue weighted by Crippen LogP contribution is 2.29. The molecule has 0 saturated carbocycles. The minimum absolute atomic E-state index is 0.526. The van der Waals surface area contributed by atoms with Crippen molar-refractivity contribution in [3.05, 3.63) is 16.1 Å². The summed E-state index contributed by atoms with van der Waals surface area (Å²) in [5.41, 5.74) is 0. The van der Waals surface area contributed by atoms with Crippen molar-refractivity contribution in [3.8, 4) is 0 Å². The van der Waals surface area contributed by atoms with Gasteiger partial charge >= 0.3 is 0 Å². The summed E-state index contributed by atoms with van der Waals surface area (Å²) in [5.74, 6) is 1.34. The summed E-state index contributed by atoms with van der Waals surface area (Å²) in [5, 5.41) is 3.97. The molecule has 1 aromatic heterocycles. The summed E-state index contributed by atoms with van der Waals surface area (Å²) in [7, 11) is 5.52. The zero-order valence-electron chi connectivity index (χ0n) is 7.73. The van der Waals surface area contributed by atoms with E-state index in [2.05, 4.69) is 10.3 Å². The summed E-state index contributed by atoms with van der Waals surface area (Å²) >= 11 is 11.8. The molecule has 0 radical (unpaired) electrons. The molecule has 5 heteroatoms. The summed E-state index contributed by atoms with van der Waals surface area (Å²) in [6.45, 7) is 0. The SMILES string of the molecule is CNc1nc(N(C)C)c(Cl)cc1Cl. The predicted octanol–water partition coefficient (Wildman–Crippen LogP) is 2.50. The van der Waals surface area contributed by atoms with E-state index in [4.69, 9.17) is 23.2 Å². The van der Waals surface area contributed by atoms with E-state index in [0.717, 1.165) is 0 Å². The van der Waals surface area contributed by atoms with E-state index in [-0.39, 0.29) is 0 Å². The van der Waals surface area contributed by atoms with Gasteiger partial charge in [0.2, 0.25) is 0 Å². The molecule has 0 spiro atoms. The van der Waals surface area contributed by atoms with Crippen molar-refractivity contribution in [2.45, 2.75) is 0 Å². The summed E-state index contributed by atoms with van der Waals surface area (Å²) < 4.78 is 0. The first-order chi connectivity index (χ1) is 6.06. The quantitative estimate of drug-likeness (QED) is 0.829. The first-order valence-electron chi connectivity index (χ1n) is 3.77. The summed E-state index contributed by atoms with van der Waals surface area (Å²) in [6.07, 6.45) is 0. The smallest absolute Gasteiger partial charge is 0.149 e. The molecule has 1 N–H and O–H groups in total. The lowest BCUT2D eigenvalue weighted by Crippen LogP contribution is -2.12. The van der Waals surface area contributed by atoms with Crippen LogP contribution in [-0.2, 0) is 0 Å². The molecule has 72 valence electrons. The molecule has 0 amide bonds. The molecule has 0 saturated heterocycles. The lowest BCUT2D eigenvalue weighted by atomic mass is 10.4. The number of hydrogen-bond donors (Lipinski definition) is 1. The molecule has 0 fully saturated rings. The van der Waals surface area contributed by atoms with Crippen LogP contribution in [-0.4, -0.2) is 26.1 Å². The Bertz CT molecular complexity index is 313. The van der Waals surface area contributed by atoms with Crippen LogP contribution in [0.25, 0.3) is 0 Å². The van der Waals surface area contributed by atoms with Crippen LogP contribution in [0.5, 0.6) is 0 Å². The largest absolute Gasteiger partial charge is 0.372 e. The van der Waals surface area contributed by atoms with Crippen molar-refractivity contribution in [2.24, 2.45) is 0 Å². The molecule has 0 aliphatic carbocycles. The lowest BCUT2D eigenvalue weighted by Gasteiger charge is -2.14. The standard InChI is InChI=1S/C8H11Cl2N3/c1-11-7-5(9)4-6(10)8(12-7)13(2)3/h4H,1-3H3,(H,11,12). The zero-order valence-corrected chi connectivity index (χ0v) is 9.24. The first kappa shape index (κ1) is 10.4. The average molecular weight is 220 g/mol. The minimum Gasteiger partial charge on any atom is -0.372 e. The Morgan fingerprint density at radius 1 is 1.31 bits per heavy atom. The van der Waals surface area contributed by atoms with Gasteiger partial charge in [-0.1, -0.05) is 23.2 Å². The third kappa shape index (κ3) is 2.17. The normalized spacial score (nSPS) is 9.92. The number of pyridine rings is 1. The van der Waals surface area contributed by atoms with Gasteiger partial charge in [0.25, 0.3) is 0 Å². The van der Waals surface area contributed by atoms with Crippen LogP contribution in [0, 0.1) is 0 Å². The third-order valence-corrected chi connectivity index (χ3v) is 2.14. The molecule has 0 bridgehead atoms. The molecule has 0 atom stereocenters. The van der Waals surface area contributed by atoms with E-state index in [9.17, 15) is 0 Å². The van der Waals surface area contributed by atoms with Gasteiger partial charge in [-0.2, -0.15) is 0 Å². The number of aromatic nitrogens is 1. The Morgan fingerprint density at radius 2 is 1.92 bits per heavy atom. The Labute approximate surface area is 87.7 Å². The van der Waals surface area contributed by atoms with Gasteiger partial charge < -0.3 is 10.2 Å². The molecule has 1 rings (SSSR count). The van der Waals surface area contributed by atoms with Crippen LogP contribution in [0.15, 0.2) is 6.07 Å². The Hall–Kier alpha value is -0.670. The molecule has 1 heterocycles. The maximum atomic E-state index is 5.94. The van der Waals surface area contributed by atoms with Gasteiger partial charge in [-0.25, -0.2) is 4.98 Å². The Balaban J connectivity index is 3.22. The molecule has 0 aliphatic heterocycles. The monoisotopic (exact) mass is 219 g/mol. The topological polar surface area (TPSA) is 28.2 Å². The summed E-state index contributed by atoms with van der Waals surface area (Å²) in [4.78, 5) is 6.07. The van der Waals surface area contributed by atoms with Gasteiger partial charge in [0.05, 0.1) is 10.0 Å². The number of halogens is 2. The number of anilines is 2. The predicted molar refractivity (Wildman–Crippen MR) is 58.1 cm³/mol. The second-order valence-corrected chi connectivity index (χ2v) is 3.58. The van der Waals surface area contributed by atoms with Gasteiger partial charge in [0.15, 0.2) is 0 Å². The van der Waals surface area contributed by atoms with E-state index >= 15 is 0 Å². The van der Waals surface area contributed by atoms with E-state index in [0.29, 0.717) is 21.7 Å². The van der Waals surface area contributed by atoms with Gasteiger partial charge in [-0.05, 0) is 6.07 Å². The summed E-state index contributed by atoms with van der Waals surface area (Å²) in [6, 6.07) is 1.68. The van der Waals surface area contributed by atoms with E-state index < -0.39 is 0 Å². The number of rotatable bonds is 2. The van der Waals surface area contributed by atoms with Crippen LogP contribution in [0.4, 0.5) is 11.6 Å². The fourth-order valence-electron chi connectivity index (χ4n) is 0.946. The highest BCUT2D eigenvalue weighted by molar-refractivity contribution is 6.37. The number of hydrogen-bond acceptors (Lipinski definition) is 3. The van der Waals surface area contributed by atoms with Gasteiger partial charge in [0, 0.05) is 21.1 Å². The molecular weight excluding hydrogens is 209 g/mol. The Kier molecular flexibility index (Phi) is 3.22. The van der Waals surface area contributed by atoms with Gasteiger partial charge in [-0.15, -0.1) is 0 Å². The van der Waals surface area contributed by atoms with Crippen molar-refractivity contribution in [1.82, 2.24) is 4.98 Å². The fraction of sp³-hybridized carbons (Fsp3) is 0.375. The molecular formula is C8H11Cl2N3. The second kappa shape index (κ2) is 4.03. The van der Waals surface area contributed by atoms with Crippen molar-refractivity contribution in [2.75, 3.05) is 31.4 Å². The van der Waals surface area contributed by atoms with Gasteiger partial charge in [0.1, 0.15) is 11.6 Å². The van der Waals surface area contributed by atoms with Crippen molar-refractivity contribution < 1.29 is 0 Å². The van der Waals surface area contributed by atoms with Crippen LogP contribution in [0.3, 0.4) is 0 Å². The van der Waals surface area contributed by atoms with Crippen molar-refractivity contribution in [1.29, 1.82) is 0 Å². The highest BCUT2D eigenvalue weighted by atomic mass is 35.5. The average Bonchev–Trinajstić information content (AvgIpc) is 2.03. The van der Waals surface area contributed by atoms with E-state index in [1.54, 1.807) is 13.1 Å². The molecule has 0 aliphatic rings. The lowest BCUT2D eigenvalue weighted by molar-refractivity contribution is 1.07. The van der Waals surface area contributed by atoms with Gasteiger partial charge in [-0.3, -0.25) is 0 Å².